The van der Waals surface area contributed by atoms with E-state index in [0.29, 0.717) is 46.0 Å². The van der Waals surface area contributed by atoms with Crippen LogP contribution in [0.1, 0.15) is 59.9 Å². The molecule has 9 nitrogen and oxygen atoms in total. The van der Waals surface area contributed by atoms with Crippen LogP contribution >= 0.6 is 23.2 Å². The molecule has 1 aromatic heterocycles. The zero-order valence-corrected chi connectivity index (χ0v) is 24.6. The summed E-state index contributed by atoms with van der Waals surface area (Å²) in [4.78, 5) is 23.7. The third kappa shape index (κ3) is 7.16. The summed E-state index contributed by atoms with van der Waals surface area (Å²) in [5.41, 5.74) is 1.94. The van der Waals surface area contributed by atoms with E-state index in [9.17, 15) is 26.4 Å². The van der Waals surface area contributed by atoms with Gasteiger partial charge in [-0.1, -0.05) is 23.2 Å². The Bertz CT molecular complexity index is 1620. The first-order chi connectivity index (χ1) is 19.5. The summed E-state index contributed by atoms with van der Waals surface area (Å²) < 4.78 is 74.8. The van der Waals surface area contributed by atoms with Crippen LogP contribution in [-0.2, 0) is 14.8 Å². The predicted octanol–water partition coefficient (Wildman–Crippen LogP) is 5.65. The second kappa shape index (κ2) is 12.0. The smallest absolute Gasteiger partial charge is 0.475 e. The highest BCUT2D eigenvalue weighted by molar-refractivity contribution is 7.91. The minimum absolute atomic E-state index is 0.0117. The molecule has 3 aromatic rings. The molecular formula is C26H26Cl2F4N4O5S. The molecule has 1 saturated heterocycles. The summed E-state index contributed by atoms with van der Waals surface area (Å²) in [7, 11) is -3.77. The predicted molar refractivity (Wildman–Crippen MR) is 148 cm³/mol. The van der Waals surface area contributed by atoms with E-state index in [2.05, 4.69) is 16.9 Å². The van der Waals surface area contributed by atoms with E-state index < -0.39 is 39.1 Å². The van der Waals surface area contributed by atoms with E-state index in [1.165, 1.54) is 12.1 Å². The average molecular weight is 653 g/mol. The summed E-state index contributed by atoms with van der Waals surface area (Å²) in [6, 6.07) is 8.28. The number of amides is 1. The fourth-order valence-corrected chi connectivity index (χ4v) is 6.59. The first-order valence-electron chi connectivity index (χ1n) is 12.7. The number of benzene rings is 2. The zero-order valence-electron chi connectivity index (χ0n) is 22.3. The van der Waals surface area contributed by atoms with Gasteiger partial charge < -0.3 is 5.11 Å². The summed E-state index contributed by atoms with van der Waals surface area (Å²) in [6.07, 6.45) is -3.24. The molecule has 228 valence electrons. The van der Waals surface area contributed by atoms with Gasteiger partial charge in [0.05, 0.1) is 28.1 Å². The van der Waals surface area contributed by atoms with Crippen molar-refractivity contribution >= 4 is 56.0 Å². The molecular weight excluding hydrogens is 627 g/mol. The quantitative estimate of drug-likeness (QED) is 0.330. The van der Waals surface area contributed by atoms with Crippen molar-refractivity contribution in [1.29, 1.82) is 0 Å². The van der Waals surface area contributed by atoms with E-state index >= 15 is 4.39 Å². The van der Waals surface area contributed by atoms with E-state index in [4.69, 9.17) is 33.1 Å². The molecule has 1 unspecified atom stereocenters. The molecule has 2 N–H and O–H groups in total. The maximum absolute atomic E-state index is 15.0. The van der Waals surface area contributed by atoms with Crippen LogP contribution in [0.4, 0.5) is 17.6 Å². The van der Waals surface area contributed by atoms with Gasteiger partial charge in [0.2, 0.25) is 10.0 Å². The van der Waals surface area contributed by atoms with Gasteiger partial charge in [0.25, 0.3) is 5.91 Å². The van der Waals surface area contributed by atoms with Gasteiger partial charge >= 0.3 is 12.1 Å². The molecule has 0 radical (unpaired) electrons. The normalized spacial score (nSPS) is 18.4. The number of aliphatic carboxylic acids is 1. The van der Waals surface area contributed by atoms with E-state index in [1.807, 2.05) is 21.5 Å². The Balaban J connectivity index is 0.000000517. The Morgan fingerprint density at radius 3 is 2.24 bits per heavy atom. The maximum atomic E-state index is 15.0. The highest BCUT2D eigenvalue weighted by atomic mass is 35.5. The number of nitrogens with one attached hydrogen (secondary N) is 1. The number of sulfonamides is 1. The molecule has 1 aliphatic carbocycles. The van der Waals surface area contributed by atoms with Crippen LogP contribution in [0.25, 0.3) is 10.9 Å². The lowest BCUT2D eigenvalue weighted by Gasteiger charge is -2.25. The summed E-state index contributed by atoms with van der Waals surface area (Å²) in [5.74, 6) is -4.49. The molecule has 16 heteroatoms. The number of carboxylic acid groups (broad SMARTS) is 1. The first-order valence-corrected chi connectivity index (χ1v) is 15.0. The first kappa shape index (κ1) is 32.0. The topological polar surface area (TPSA) is 122 Å². The Kier molecular flexibility index (Phi) is 9.12. The van der Waals surface area contributed by atoms with Crippen molar-refractivity contribution in [3.63, 3.8) is 0 Å². The Morgan fingerprint density at radius 1 is 1.10 bits per heavy atom. The molecule has 2 aromatic carbocycles. The molecule has 0 spiro atoms. The van der Waals surface area contributed by atoms with E-state index in [0.717, 1.165) is 18.5 Å². The van der Waals surface area contributed by atoms with Crippen molar-refractivity contribution in [3.8, 4) is 0 Å². The number of carbonyl (C=O) groups is 2. The average Bonchev–Trinajstić information content (AvgIpc) is 3.56. The van der Waals surface area contributed by atoms with Gasteiger partial charge in [-0.15, -0.1) is 0 Å². The fraction of sp³-hybridized carbons (Fsp3) is 0.423. The number of nitrogens with zero attached hydrogens (tertiary/aromatic N) is 3. The van der Waals surface area contributed by atoms with Crippen molar-refractivity contribution in [1.82, 2.24) is 19.4 Å². The van der Waals surface area contributed by atoms with Crippen LogP contribution in [0, 0.1) is 12.7 Å². The number of likely N-dealkylation sites (tertiary alicyclic amines) is 1. The molecule has 1 saturated carbocycles. The zero-order chi connectivity index (χ0) is 31.1. The standard InChI is InChI=1S/C24H25Cl2FN4O3S.C2HF3O2/c1-13-20-10-21(24(32)29-35(33,34)19-3-4-19)22(27)11-23(20)31(28-13)18-5-6-30(12-18)14(2)15-7-16(25)9-17(26)8-15;3-2(4,5)1(6)7/h7-11,14,18-19H,3-6,12H2,1-2H3,(H,29,32);(H,6,7)/t14-,18?;/m1./s1. The maximum Gasteiger partial charge on any atom is 0.490 e. The van der Waals surface area contributed by atoms with Crippen LogP contribution in [0.5, 0.6) is 0 Å². The second-order valence-electron chi connectivity index (χ2n) is 10.2. The number of rotatable bonds is 6. The highest BCUT2D eigenvalue weighted by Crippen LogP contribution is 2.35. The summed E-state index contributed by atoms with van der Waals surface area (Å²) in [6.45, 7) is 5.41. The summed E-state index contributed by atoms with van der Waals surface area (Å²) in [5, 5.41) is 13.0. The minimum atomic E-state index is -5.08. The highest BCUT2D eigenvalue weighted by Gasteiger charge is 2.39. The number of hydrogen-bond donors (Lipinski definition) is 2. The third-order valence-electron chi connectivity index (χ3n) is 7.12. The lowest BCUT2D eigenvalue weighted by molar-refractivity contribution is -0.192. The molecule has 42 heavy (non-hydrogen) atoms. The largest absolute Gasteiger partial charge is 0.490 e. The van der Waals surface area contributed by atoms with Gasteiger partial charge in [-0.25, -0.2) is 22.3 Å². The van der Waals surface area contributed by atoms with Gasteiger partial charge in [0.15, 0.2) is 0 Å². The summed E-state index contributed by atoms with van der Waals surface area (Å²) >= 11 is 12.4. The second-order valence-corrected chi connectivity index (χ2v) is 13.0. The molecule has 2 heterocycles. The minimum Gasteiger partial charge on any atom is -0.475 e. The van der Waals surface area contributed by atoms with Crippen LogP contribution in [-0.4, -0.2) is 64.6 Å². The third-order valence-corrected chi connectivity index (χ3v) is 9.38. The van der Waals surface area contributed by atoms with Crippen LogP contribution in [0.3, 0.4) is 0 Å². The van der Waals surface area contributed by atoms with Crippen LogP contribution in [0.2, 0.25) is 10.0 Å². The Morgan fingerprint density at radius 2 is 1.69 bits per heavy atom. The number of alkyl halides is 3. The Hall–Kier alpha value is -2.94. The lowest BCUT2D eigenvalue weighted by Crippen LogP contribution is -2.33. The van der Waals surface area contributed by atoms with E-state index in [-0.39, 0.29) is 17.6 Å². The molecule has 5 rings (SSSR count). The van der Waals surface area contributed by atoms with Gasteiger partial charge in [0.1, 0.15) is 5.82 Å². The van der Waals surface area contributed by atoms with Gasteiger partial charge in [0, 0.05) is 40.6 Å². The number of hydrogen-bond acceptors (Lipinski definition) is 6. The van der Waals surface area contributed by atoms with Crippen molar-refractivity contribution in [3.05, 3.63) is 63.0 Å². The monoisotopic (exact) mass is 652 g/mol. The number of fused-ring (bicyclic) bond motifs is 1. The van der Waals surface area contributed by atoms with Crippen LogP contribution < -0.4 is 4.72 Å². The Labute approximate surface area is 248 Å². The molecule has 1 amide bonds. The van der Waals surface area contributed by atoms with Crippen molar-refractivity contribution in [2.24, 2.45) is 0 Å². The molecule has 2 atom stereocenters. The number of halogens is 6. The number of carbonyl (C=O) groups excluding carboxylic acids is 1. The fourth-order valence-electron chi connectivity index (χ4n) is 4.76. The molecule has 1 aliphatic heterocycles. The number of carboxylic acids is 1. The van der Waals surface area contributed by atoms with E-state index in [1.54, 1.807) is 13.0 Å². The van der Waals surface area contributed by atoms with Crippen molar-refractivity contribution in [2.75, 3.05) is 13.1 Å². The van der Waals surface area contributed by atoms with Crippen molar-refractivity contribution in [2.45, 2.75) is 56.6 Å². The van der Waals surface area contributed by atoms with Crippen molar-refractivity contribution < 1.29 is 40.7 Å². The lowest BCUT2D eigenvalue weighted by atomic mass is 10.1. The molecule has 2 fully saturated rings. The molecule has 2 aliphatic rings. The molecule has 0 bridgehead atoms. The number of aromatic nitrogens is 2. The van der Waals surface area contributed by atoms with Crippen LogP contribution in [0.15, 0.2) is 30.3 Å². The number of aryl methyl sites for hydroxylation is 1. The van der Waals surface area contributed by atoms with Gasteiger partial charge in [-0.05, 0) is 62.9 Å². The van der Waals surface area contributed by atoms with Gasteiger partial charge in [-0.3, -0.25) is 14.4 Å². The SMILES string of the molecule is Cc1nn(C2CCN([C@H](C)c3cc(Cl)cc(Cl)c3)C2)c2cc(F)c(C(=O)NS(=O)(=O)C3CC3)cc12.O=C(O)C(F)(F)F. The van der Waals surface area contributed by atoms with Gasteiger partial charge in [-0.2, -0.15) is 18.3 Å².